The predicted molar refractivity (Wildman–Crippen MR) is 107 cm³/mol. The fourth-order valence-electron chi connectivity index (χ4n) is 3.75. The third-order valence-corrected chi connectivity index (χ3v) is 5.46. The molecule has 0 radical (unpaired) electrons. The maximum Gasteiger partial charge on any atom is 0.259 e. The van der Waals surface area contributed by atoms with Crippen LogP contribution in [0.2, 0.25) is 0 Å². The van der Waals surface area contributed by atoms with Crippen molar-refractivity contribution in [1.82, 2.24) is 9.47 Å². The number of pyridine rings is 1. The number of nitrogens with zero attached hydrogens (tertiary/aromatic N) is 2. The van der Waals surface area contributed by atoms with E-state index in [-0.39, 0.29) is 22.9 Å². The van der Waals surface area contributed by atoms with Gasteiger partial charge in [-0.15, -0.1) is 0 Å². The van der Waals surface area contributed by atoms with E-state index in [1.165, 1.54) is 0 Å². The molecule has 1 aliphatic heterocycles. The van der Waals surface area contributed by atoms with Gasteiger partial charge < -0.3 is 9.47 Å². The van der Waals surface area contributed by atoms with Crippen LogP contribution in [0.5, 0.6) is 0 Å². The summed E-state index contributed by atoms with van der Waals surface area (Å²) in [6.45, 7) is 2.58. The molecule has 1 aromatic heterocycles. The number of hydrogen-bond donors (Lipinski definition) is 0. The van der Waals surface area contributed by atoms with Crippen molar-refractivity contribution in [2.45, 2.75) is 25.9 Å². The van der Waals surface area contributed by atoms with Crippen molar-refractivity contribution in [2.24, 2.45) is 0 Å². The molecule has 132 valence electrons. The van der Waals surface area contributed by atoms with E-state index in [4.69, 9.17) is 0 Å². The van der Waals surface area contributed by atoms with Gasteiger partial charge in [-0.2, -0.15) is 0 Å². The number of carbonyl (C=O) groups is 1. The van der Waals surface area contributed by atoms with E-state index in [0.717, 1.165) is 27.5 Å². The van der Waals surface area contributed by atoms with Gasteiger partial charge in [-0.05, 0) is 36.6 Å². The first-order valence-corrected chi connectivity index (χ1v) is 9.41. The SMILES string of the molecule is CC1Cc2cc(Br)cc3c(=O)c(C(=O)N(C)Cc4ccccc4)cn1c23. The Morgan fingerprint density at radius 1 is 1.27 bits per heavy atom. The molecule has 1 amide bonds. The van der Waals surface area contributed by atoms with Gasteiger partial charge >= 0.3 is 0 Å². The van der Waals surface area contributed by atoms with Gasteiger partial charge in [0.2, 0.25) is 5.43 Å². The first-order chi connectivity index (χ1) is 12.5. The molecule has 0 saturated carbocycles. The van der Waals surface area contributed by atoms with Crippen LogP contribution in [-0.4, -0.2) is 22.4 Å². The van der Waals surface area contributed by atoms with Gasteiger partial charge in [0.1, 0.15) is 5.56 Å². The van der Waals surface area contributed by atoms with Crippen molar-refractivity contribution in [3.63, 3.8) is 0 Å². The molecule has 5 heteroatoms. The second-order valence-electron chi connectivity index (χ2n) is 6.94. The monoisotopic (exact) mass is 410 g/mol. The maximum absolute atomic E-state index is 13.0. The third kappa shape index (κ3) is 2.76. The minimum absolute atomic E-state index is 0.196. The van der Waals surface area contributed by atoms with Gasteiger partial charge in [-0.25, -0.2) is 0 Å². The molecule has 1 unspecified atom stereocenters. The molecule has 0 aliphatic carbocycles. The van der Waals surface area contributed by atoms with Crippen LogP contribution in [0.15, 0.2) is 57.9 Å². The fraction of sp³-hybridized carbons (Fsp3) is 0.238. The summed E-state index contributed by atoms with van der Waals surface area (Å²) < 4.78 is 2.95. The molecule has 3 aromatic rings. The lowest BCUT2D eigenvalue weighted by Gasteiger charge is -2.19. The van der Waals surface area contributed by atoms with Gasteiger partial charge in [0.15, 0.2) is 0 Å². The minimum atomic E-state index is -0.245. The summed E-state index contributed by atoms with van der Waals surface area (Å²) in [4.78, 5) is 27.6. The van der Waals surface area contributed by atoms with Crippen LogP contribution in [0.1, 0.15) is 34.5 Å². The Labute approximate surface area is 160 Å². The predicted octanol–water partition coefficient (Wildman–Crippen LogP) is 4.15. The van der Waals surface area contributed by atoms with Crippen LogP contribution in [-0.2, 0) is 13.0 Å². The van der Waals surface area contributed by atoms with Crippen LogP contribution >= 0.6 is 15.9 Å². The summed E-state index contributed by atoms with van der Waals surface area (Å²) in [5.41, 5.74) is 3.17. The smallest absolute Gasteiger partial charge is 0.259 e. The number of amides is 1. The fourth-order valence-corrected chi connectivity index (χ4v) is 4.25. The zero-order chi connectivity index (χ0) is 18.4. The molecular weight excluding hydrogens is 392 g/mol. The molecule has 4 nitrogen and oxygen atoms in total. The van der Waals surface area contributed by atoms with Crippen LogP contribution in [0.3, 0.4) is 0 Å². The summed E-state index contributed by atoms with van der Waals surface area (Å²) in [7, 11) is 1.73. The molecule has 0 fully saturated rings. The number of carbonyl (C=O) groups excluding carboxylic acids is 1. The second-order valence-corrected chi connectivity index (χ2v) is 7.86. The second kappa shape index (κ2) is 6.40. The molecule has 1 aliphatic rings. The molecule has 0 bridgehead atoms. The normalized spacial score (nSPS) is 15.4. The van der Waals surface area contributed by atoms with Crippen LogP contribution in [0.25, 0.3) is 10.9 Å². The average molecular weight is 411 g/mol. The Morgan fingerprint density at radius 3 is 2.73 bits per heavy atom. The Kier molecular flexibility index (Phi) is 4.19. The lowest BCUT2D eigenvalue weighted by atomic mass is 10.1. The number of rotatable bonds is 3. The largest absolute Gasteiger partial charge is 0.343 e. The lowest BCUT2D eigenvalue weighted by molar-refractivity contribution is 0.0783. The maximum atomic E-state index is 13.0. The summed E-state index contributed by atoms with van der Waals surface area (Å²) in [5, 5.41) is 0.609. The highest BCUT2D eigenvalue weighted by Crippen LogP contribution is 2.33. The number of halogens is 1. The van der Waals surface area contributed by atoms with E-state index in [0.29, 0.717) is 11.9 Å². The zero-order valence-electron chi connectivity index (χ0n) is 14.7. The quantitative estimate of drug-likeness (QED) is 0.650. The highest BCUT2D eigenvalue weighted by atomic mass is 79.9. The molecule has 26 heavy (non-hydrogen) atoms. The molecule has 2 aromatic carbocycles. The highest BCUT2D eigenvalue weighted by Gasteiger charge is 2.26. The van der Waals surface area contributed by atoms with Gasteiger partial charge in [0, 0.05) is 35.7 Å². The van der Waals surface area contributed by atoms with E-state index >= 15 is 0 Å². The molecule has 4 rings (SSSR count). The molecule has 0 spiro atoms. The summed E-state index contributed by atoms with van der Waals surface area (Å²) in [6.07, 6.45) is 2.61. The van der Waals surface area contributed by atoms with Crippen LogP contribution in [0, 0.1) is 0 Å². The van der Waals surface area contributed by atoms with Crippen molar-refractivity contribution in [3.05, 3.63) is 80.0 Å². The third-order valence-electron chi connectivity index (χ3n) is 5.00. The molecular formula is C21H19BrN2O2. The summed E-state index contributed by atoms with van der Waals surface area (Å²) >= 11 is 3.49. The van der Waals surface area contributed by atoms with Gasteiger partial charge in [0.05, 0.1) is 5.52 Å². The van der Waals surface area contributed by atoms with Crippen LogP contribution in [0.4, 0.5) is 0 Å². The van der Waals surface area contributed by atoms with Gasteiger partial charge in [-0.1, -0.05) is 46.3 Å². The average Bonchev–Trinajstić information content (AvgIpc) is 2.93. The Bertz CT molecular complexity index is 1070. The lowest BCUT2D eigenvalue weighted by Crippen LogP contribution is -2.31. The Balaban J connectivity index is 1.79. The summed E-state index contributed by atoms with van der Waals surface area (Å²) in [5.74, 6) is -0.245. The topological polar surface area (TPSA) is 42.3 Å². The Morgan fingerprint density at radius 2 is 2.00 bits per heavy atom. The number of hydrogen-bond acceptors (Lipinski definition) is 2. The Hall–Kier alpha value is -2.40. The standard InChI is InChI=1S/C21H19BrN2O2/c1-13-8-15-9-16(22)10-17-19(15)24(13)12-18(20(17)25)21(26)23(2)11-14-6-4-3-5-7-14/h3-7,9-10,12-13H,8,11H2,1-2H3. The van der Waals surface area contributed by atoms with E-state index < -0.39 is 0 Å². The number of benzene rings is 2. The minimum Gasteiger partial charge on any atom is -0.343 e. The molecule has 1 atom stereocenters. The van der Waals surface area contributed by atoms with Crippen molar-refractivity contribution >= 4 is 32.7 Å². The number of aromatic nitrogens is 1. The van der Waals surface area contributed by atoms with Crippen molar-refractivity contribution < 1.29 is 4.79 Å². The van der Waals surface area contributed by atoms with Crippen molar-refractivity contribution in [1.29, 1.82) is 0 Å². The van der Waals surface area contributed by atoms with Gasteiger partial charge in [-0.3, -0.25) is 9.59 Å². The molecule has 0 saturated heterocycles. The van der Waals surface area contributed by atoms with E-state index in [9.17, 15) is 9.59 Å². The molecule has 2 heterocycles. The zero-order valence-corrected chi connectivity index (χ0v) is 16.3. The summed E-state index contributed by atoms with van der Waals surface area (Å²) in [6, 6.07) is 13.9. The highest BCUT2D eigenvalue weighted by molar-refractivity contribution is 9.10. The molecule has 0 N–H and O–H groups in total. The van der Waals surface area contributed by atoms with E-state index in [1.54, 1.807) is 18.1 Å². The van der Waals surface area contributed by atoms with Crippen molar-refractivity contribution in [2.75, 3.05) is 7.05 Å². The van der Waals surface area contributed by atoms with E-state index in [2.05, 4.69) is 33.5 Å². The van der Waals surface area contributed by atoms with E-state index in [1.807, 2.05) is 36.4 Å². The van der Waals surface area contributed by atoms with Gasteiger partial charge in [0.25, 0.3) is 5.91 Å². The first kappa shape index (κ1) is 17.0. The van der Waals surface area contributed by atoms with Crippen LogP contribution < -0.4 is 5.43 Å². The van der Waals surface area contributed by atoms with Crippen molar-refractivity contribution in [3.8, 4) is 0 Å². The first-order valence-electron chi connectivity index (χ1n) is 8.62.